The zero-order valence-corrected chi connectivity index (χ0v) is 13.4. The number of quaternary nitrogens is 1. The minimum Gasteiger partial charge on any atom is -0.492 e. The lowest BCUT2D eigenvalue weighted by Gasteiger charge is -2.35. The van der Waals surface area contributed by atoms with E-state index in [9.17, 15) is 4.79 Å². The summed E-state index contributed by atoms with van der Waals surface area (Å²) in [5, 5.41) is 3.00. The van der Waals surface area contributed by atoms with Gasteiger partial charge in [-0.05, 0) is 44.7 Å². The number of benzene rings is 1. The molecule has 0 radical (unpaired) electrons. The van der Waals surface area contributed by atoms with Gasteiger partial charge >= 0.3 is 0 Å². The Morgan fingerprint density at radius 2 is 1.95 bits per heavy atom. The molecule has 0 aliphatic heterocycles. The molecule has 4 heteroatoms. The maximum Gasteiger partial charge on any atom is 0.279 e. The molecular formula is C17H27N2O2+. The fraction of sp³-hybridized carbons (Fsp3) is 0.588. The Balaban J connectivity index is 1.98. The number of para-hydroxylation sites is 2. The first-order valence-electron chi connectivity index (χ1n) is 7.87. The minimum absolute atomic E-state index is 0.0547. The quantitative estimate of drug-likeness (QED) is 0.818. The summed E-state index contributed by atoms with van der Waals surface area (Å²) in [5.41, 5.74) is 0.760. The van der Waals surface area contributed by atoms with Crippen molar-refractivity contribution in [3.05, 3.63) is 24.3 Å². The monoisotopic (exact) mass is 291 g/mol. The van der Waals surface area contributed by atoms with Crippen molar-refractivity contribution in [1.29, 1.82) is 0 Å². The predicted molar refractivity (Wildman–Crippen MR) is 85.5 cm³/mol. The summed E-state index contributed by atoms with van der Waals surface area (Å²) in [5.74, 6) is 0.790. The Hall–Kier alpha value is -1.55. The Labute approximate surface area is 127 Å². The fourth-order valence-corrected chi connectivity index (χ4v) is 3.14. The average molecular weight is 291 g/mol. The molecule has 0 saturated heterocycles. The van der Waals surface area contributed by atoms with E-state index in [-0.39, 0.29) is 5.91 Å². The number of hydrogen-bond donors (Lipinski definition) is 1. The van der Waals surface area contributed by atoms with Gasteiger partial charge < -0.3 is 14.5 Å². The average Bonchev–Trinajstić information content (AvgIpc) is 2.95. The third-order valence-corrected chi connectivity index (χ3v) is 4.33. The standard InChI is InChI=1S/C17H26N2O2/c1-4-21-16-12-8-7-11-15(16)18-17(20)13-19(2,3)14-9-5-6-10-14/h7-8,11-12,14H,4-6,9-10,13H2,1-3H3/p+1. The van der Waals surface area contributed by atoms with Crippen molar-refractivity contribution in [3.63, 3.8) is 0 Å². The van der Waals surface area contributed by atoms with Gasteiger partial charge in [0.25, 0.3) is 5.91 Å². The van der Waals surface area contributed by atoms with Crippen LogP contribution in [0.3, 0.4) is 0 Å². The van der Waals surface area contributed by atoms with E-state index in [0.717, 1.165) is 15.9 Å². The van der Waals surface area contributed by atoms with E-state index >= 15 is 0 Å². The van der Waals surface area contributed by atoms with Gasteiger partial charge in [-0.3, -0.25) is 4.79 Å². The number of rotatable bonds is 6. The Morgan fingerprint density at radius 3 is 2.62 bits per heavy atom. The van der Waals surface area contributed by atoms with Gasteiger partial charge in [-0.15, -0.1) is 0 Å². The minimum atomic E-state index is 0.0547. The smallest absolute Gasteiger partial charge is 0.279 e. The highest BCUT2D eigenvalue weighted by molar-refractivity contribution is 5.93. The molecule has 4 nitrogen and oxygen atoms in total. The van der Waals surface area contributed by atoms with E-state index in [1.54, 1.807) is 0 Å². The van der Waals surface area contributed by atoms with Crippen LogP contribution in [0.25, 0.3) is 0 Å². The Bertz CT molecular complexity index is 479. The van der Waals surface area contributed by atoms with Crippen LogP contribution in [-0.2, 0) is 4.79 Å². The molecule has 1 aliphatic carbocycles. The van der Waals surface area contributed by atoms with Crippen molar-refractivity contribution in [2.45, 2.75) is 38.6 Å². The van der Waals surface area contributed by atoms with E-state index in [0.29, 0.717) is 19.2 Å². The first kappa shape index (κ1) is 15.8. The lowest BCUT2D eigenvalue weighted by Crippen LogP contribution is -2.51. The normalized spacial score (nSPS) is 16.0. The van der Waals surface area contributed by atoms with Crippen molar-refractivity contribution in [1.82, 2.24) is 0 Å². The van der Waals surface area contributed by atoms with Crippen LogP contribution in [0.1, 0.15) is 32.6 Å². The van der Waals surface area contributed by atoms with Gasteiger partial charge in [-0.25, -0.2) is 0 Å². The summed E-state index contributed by atoms with van der Waals surface area (Å²) in [6.45, 7) is 3.04. The van der Waals surface area contributed by atoms with Gasteiger partial charge in [0.15, 0.2) is 6.54 Å². The van der Waals surface area contributed by atoms with Crippen LogP contribution in [0.5, 0.6) is 5.75 Å². The molecule has 0 atom stereocenters. The van der Waals surface area contributed by atoms with Crippen LogP contribution >= 0.6 is 0 Å². The highest BCUT2D eigenvalue weighted by atomic mass is 16.5. The highest BCUT2D eigenvalue weighted by Crippen LogP contribution is 2.27. The number of amides is 1. The second kappa shape index (κ2) is 6.94. The molecule has 116 valence electrons. The summed E-state index contributed by atoms with van der Waals surface area (Å²) in [6.07, 6.45) is 5.05. The molecular weight excluding hydrogens is 264 g/mol. The molecule has 1 N–H and O–H groups in total. The van der Waals surface area contributed by atoms with Crippen molar-refractivity contribution in [2.24, 2.45) is 0 Å². The number of nitrogens with one attached hydrogen (secondary N) is 1. The summed E-state index contributed by atoms with van der Waals surface area (Å²) >= 11 is 0. The zero-order valence-electron chi connectivity index (χ0n) is 13.4. The van der Waals surface area contributed by atoms with Crippen LogP contribution in [0.2, 0.25) is 0 Å². The SMILES string of the molecule is CCOc1ccccc1NC(=O)C[N+](C)(C)C1CCCC1. The zero-order chi connectivity index (χ0) is 15.3. The number of nitrogens with zero attached hydrogens (tertiary/aromatic N) is 1. The summed E-state index contributed by atoms with van der Waals surface area (Å²) < 4.78 is 6.31. The molecule has 1 aliphatic rings. The van der Waals surface area contributed by atoms with Gasteiger partial charge in [0.2, 0.25) is 0 Å². The first-order chi connectivity index (χ1) is 10.0. The van der Waals surface area contributed by atoms with E-state index in [1.807, 2.05) is 31.2 Å². The lowest BCUT2D eigenvalue weighted by molar-refractivity contribution is -0.906. The van der Waals surface area contributed by atoms with Gasteiger partial charge in [0.05, 0.1) is 32.4 Å². The Morgan fingerprint density at radius 1 is 1.29 bits per heavy atom. The maximum absolute atomic E-state index is 12.4. The lowest BCUT2D eigenvalue weighted by atomic mass is 10.2. The number of carbonyl (C=O) groups is 1. The summed E-state index contributed by atoms with van der Waals surface area (Å²) in [4.78, 5) is 12.4. The van der Waals surface area contributed by atoms with Gasteiger partial charge in [0, 0.05) is 0 Å². The van der Waals surface area contributed by atoms with Crippen LogP contribution in [0.15, 0.2) is 24.3 Å². The van der Waals surface area contributed by atoms with Crippen molar-refractivity contribution in [3.8, 4) is 5.75 Å². The summed E-state index contributed by atoms with van der Waals surface area (Å²) in [6, 6.07) is 8.21. The third kappa shape index (κ3) is 4.21. The molecule has 0 unspecified atom stereocenters. The van der Waals surface area contributed by atoms with E-state index in [2.05, 4.69) is 19.4 Å². The molecule has 1 fully saturated rings. The largest absolute Gasteiger partial charge is 0.492 e. The third-order valence-electron chi connectivity index (χ3n) is 4.33. The first-order valence-corrected chi connectivity index (χ1v) is 7.87. The van der Waals surface area contributed by atoms with Crippen LogP contribution < -0.4 is 10.1 Å². The summed E-state index contributed by atoms with van der Waals surface area (Å²) in [7, 11) is 4.31. The molecule has 0 aromatic heterocycles. The molecule has 0 bridgehead atoms. The maximum atomic E-state index is 12.4. The fourth-order valence-electron chi connectivity index (χ4n) is 3.14. The highest BCUT2D eigenvalue weighted by Gasteiger charge is 2.33. The second-order valence-corrected chi connectivity index (χ2v) is 6.35. The molecule has 1 saturated carbocycles. The molecule has 21 heavy (non-hydrogen) atoms. The molecule has 1 aromatic rings. The topological polar surface area (TPSA) is 38.3 Å². The Kier molecular flexibility index (Phi) is 5.23. The number of anilines is 1. The van der Waals surface area contributed by atoms with E-state index in [4.69, 9.17) is 4.74 Å². The van der Waals surface area contributed by atoms with E-state index in [1.165, 1.54) is 25.7 Å². The predicted octanol–water partition coefficient (Wildman–Crippen LogP) is 3.04. The van der Waals surface area contributed by atoms with Gasteiger partial charge in [-0.2, -0.15) is 0 Å². The van der Waals surface area contributed by atoms with E-state index < -0.39 is 0 Å². The second-order valence-electron chi connectivity index (χ2n) is 6.35. The van der Waals surface area contributed by atoms with Crippen molar-refractivity contribution >= 4 is 11.6 Å². The molecule has 1 amide bonds. The van der Waals surface area contributed by atoms with Crippen LogP contribution in [0.4, 0.5) is 5.69 Å². The number of hydrogen-bond acceptors (Lipinski definition) is 2. The van der Waals surface area contributed by atoms with Crippen molar-refractivity contribution in [2.75, 3.05) is 32.6 Å². The number of ether oxygens (including phenoxy) is 1. The van der Waals surface area contributed by atoms with Gasteiger partial charge in [-0.1, -0.05) is 12.1 Å². The molecule has 0 spiro atoms. The van der Waals surface area contributed by atoms with Crippen LogP contribution in [-0.4, -0.2) is 43.7 Å². The molecule has 0 heterocycles. The van der Waals surface area contributed by atoms with Crippen molar-refractivity contribution < 1.29 is 14.0 Å². The number of carbonyl (C=O) groups excluding carboxylic acids is 1. The van der Waals surface area contributed by atoms with Gasteiger partial charge in [0.1, 0.15) is 5.75 Å². The molecule has 1 aromatic carbocycles. The molecule has 2 rings (SSSR count). The van der Waals surface area contributed by atoms with Crippen LogP contribution in [0, 0.1) is 0 Å². The number of likely N-dealkylation sites (N-methyl/N-ethyl adjacent to an activating group) is 1.